The topological polar surface area (TPSA) is 20.2 Å². The van der Waals surface area contributed by atoms with E-state index >= 15 is 0 Å². The smallest absolute Gasteiger partial charge is 0.0577 e. The fourth-order valence-electron chi connectivity index (χ4n) is 2.34. The van der Waals surface area contributed by atoms with Gasteiger partial charge in [-0.1, -0.05) is 44.1 Å². The maximum Gasteiger partial charge on any atom is 0.0577 e. The van der Waals surface area contributed by atoms with Gasteiger partial charge in [0, 0.05) is 0 Å². The highest BCUT2D eigenvalue weighted by Gasteiger charge is 2.13. The van der Waals surface area contributed by atoms with Crippen molar-refractivity contribution in [2.24, 2.45) is 5.92 Å². The van der Waals surface area contributed by atoms with Crippen molar-refractivity contribution >= 4 is 0 Å². The van der Waals surface area contributed by atoms with E-state index in [-0.39, 0.29) is 6.10 Å². The van der Waals surface area contributed by atoms with Crippen LogP contribution in [0.25, 0.3) is 0 Å². The van der Waals surface area contributed by atoms with Gasteiger partial charge in [-0.3, -0.25) is 0 Å². The van der Waals surface area contributed by atoms with Crippen molar-refractivity contribution in [1.29, 1.82) is 0 Å². The van der Waals surface area contributed by atoms with E-state index in [0.717, 1.165) is 25.7 Å². The van der Waals surface area contributed by atoms with Crippen LogP contribution in [0, 0.1) is 5.92 Å². The summed E-state index contributed by atoms with van der Waals surface area (Å²) in [7, 11) is 0. The molecule has 1 saturated carbocycles. The molecule has 0 aromatic carbocycles. The summed E-state index contributed by atoms with van der Waals surface area (Å²) in [6, 6.07) is 0. The molecule has 1 rings (SSSR count). The molecule has 0 radical (unpaired) electrons. The predicted octanol–water partition coefficient (Wildman–Crippen LogP) is 4.23. The summed E-state index contributed by atoms with van der Waals surface area (Å²) in [6.45, 7) is 6.77. The van der Waals surface area contributed by atoms with E-state index in [2.05, 4.69) is 32.9 Å². The van der Waals surface area contributed by atoms with Crippen molar-refractivity contribution in [3.63, 3.8) is 0 Å². The second-order valence-electron chi connectivity index (χ2n) is 4.98. The Morgan fingerprint density at radius 2 is 2.25 bits per heavy atom. The third kappa shape index (κ3) is 4.13. The molecule has 0 spiro atoms. The number of allylic oxidation sites excluding steroid dienone is 3. The van der Waals surface area contributed by atoms with E-state index in [4.69, 9.17) is 0 Å². The summed E-state index contributed by atoms with van der Waals surface area (Å²) >= 11 is 0. The molecule has 0 amide bonds. The Labute approximate surface area is 100 Å². The lowest BCUT2D eigenvalue weighted by atomic mass is 9.90. The van der Waals surface area contributed by atoms with Crippen molar-refractivity contribution in [3.05, 3.63) is 23.3 Å². The first kappa shape index (κ1) is 13.5. The van der Waals surface area contributed by atoms with Gasteiger partial charge in [0.15, 0.2) is 0 Å². The van der Waals surface area contributed by atoms with E-state index in [1.807, 2.05) is 0 Å². The van der Waals surface area contributed by atoms with Crippen molar-refractivity contribution in [2.45, 2.75) is 65.4 Å². The van der Waals surface area contributed by atoms with Gasteiger partial charge in [-0.15, -0.1) is 0 Å². The first-order valence-corrected chi connectivity index (χ1v) is 6.73. The number of aliphatic hydroxyl groups excluding tert-OH is 1. The van der Waals surface area contributed by atoms with Gasteiger partial charge in [0.2, 0.25) is 0 Å². The minimum Gasteiger partial charge on any atom is -0.393 e. The molecule has 1 nitrogen and oxygen atoms in total. The molecule has 1 N–H and O–H groups in total. The van der Waals surface area contributed by atoms with Gasteiger partial charge in [-0.05, 0) is 44.4 Å². The van der Waals surface area contributed by atoms with Crippen molar-refractivity contribution in [1.82, 2.24) is 0 Å². The van der Waals surface area contributed by atoms with Gasteiger partial charge in [-0.2, -0.15) is 0 Å². The van der Waals surface area contributed by atoms with Crippen LogP contribution in [0.5, 0.6) is 0 Å². The molecular weight excluding hydrogens is 196 g/mol. The molecule has 2 atom stereocenters. The van der Waals surface area contributed by atoms with Crippen LogP contribution in [0.15, 0.2) is 23.3 Å². The normalized spacial score (nSPS) is 27.1. The van der Waals surface area contributed by atoms with E-state index in [1.54, 1.807) is 0 Å². The lowest BCUT2D eigenvalue weighted by molar-refractivity contribution is 0.149. The lowest BCUT2D eigenvalue weighted by Crippen LogP contribution is -2.12. The average Bonchev–Trinajstić information content (AvgIpc) is 2.29. The zero-order valence-electron chi connectivity index (χ0n) is 11.0. The van der Waals surface area contributed by atoms with Gasteiger partial charge in [-0.25, -0.2) is 0 Å². The molecule has 92 valence electrons. The average molecular weight is 222 g/mol. The minimum atomic E-state index is -0.0953. The summed E-state index contributed by atoms with van der Waals surface area (Å²) in [4.78, 5) is 0. The Balaban J connectivity index is 2.63. The molecular formula is C15H26O. The first-order chi connectivity index (χ1) is 7.67. The lowest BCUT2D eigenvalue weighted by Gasteiger charge is -2.19. The molecule has 1 aliphatic rings. The molecule has 0 aromatic rings. The minimum absolute atomic E-state index is 0.0953. The first-order valence-electron chi connectivity index (χ1n) is 6.73. The Morgan fingerprint density at radius 1 is 1.50 bits per heavy atom. The highest BCUT2D eigenvalue weighted by Crippen LogP contribution is 2.24. The van der Waals surface area contributed by atoms with Crippen molar-refractivity contribution in [2.75, 3.05) is 0 Å². The number of rotatable bonds is 4. The van der Waals surface area contributed by atoms with Gasteiger partial charge >= 0.3 is 0 Å². The number of hydrogen-bond donors (Lipinski definition) is 1. The van der Waals surface area contributed by atoms with Crippen molar-refractivity contribution in [3.8, 4) is 0 Å². The van der Waals surface area contributed by atoms with E-state index in [9.17, 15) is 5.11 Å². The van der Waals surface area contributed by atoms with Crippen LogP contribution < -0.4 is 0 Å². The van der Waals surface area contributed by atoms with Crippen LogP contribution >= 0.6 is 0 Å². The largest absolute Gasteiger partial charge is 0.393 e. The highest BCUT2D eigenvalue weighted by atomic mass is 16.3. The standard InChI is InChI=1S/C15H26O/c1-4-12(3)14(5-2)10-9-13-7-6-8-15(16)11-13/h9-10,12,15-16H,4-8,11H2,1-3H3/b13-9-,14-10+/t12-,15-/m0/s1. The molecule has 0 aromatic heterocycles. The van der Waals surface area contributed by atoms with Crippen LogP contribution in [0.1, 0.15) is 59.3 Å². The monoisotopic (exact) mass is 222 g/mol. The predicted molar refractivity (Wildman–Crippen MR) is 70.4 cm³/mol. The second-order valence-corrected chi connectivity index (χ2v) is 4.98. The number of aliphatic hydroxyl groups is 1. The Morgan fingerprint density at radius 3 is 2.81 bits per heavy atom. The van der Waals surface area contributed by atoms with E-state index in [0.29, 0.717) is 5.92 Å². The van der Waals surface area contributed by atoms with Crippen LogP contribution in [-0.2, 0) is 0 Å². The van der Waals surface area contributed by atoms with Gasteiger partial charge in [0.05, 0.1) is 6.10 Å². The third-order valence-electron chi connectivity index (χ3n) is 3.72. The Kier molecular flexibility index (Phi) is 5.83. The molecule has 0 heterocycles. The van der Waals surface area contributed by atoms with Crippen LogP contribution in [0.4, 0.5) is 0 Å². The molecule has 0 unspecified atom stereocenters. The maximum atomic E-state index is 9.60. The fraction of sp³-hybridized carbons (Fsp3) is 0.733. The molecule has 1 aliphatic carbocycles. The zero-order chi connectivity index (χ0) is 12.0. The molecule has 1 fully saturated rings. The molecule has 0 bridgehead atoms. The second kappa shape index (κ2) is 6.90. The Hall–Kier alpha value is -0.560. The molecule has 0 saturated heterocycles. The third-order valence-corrected chi connectivity index (χ3v) is 3.72. The zero-order valence-corrected chi connectivity index (χ0v) is 11.0. The molecule has 16 heavy (non-hydrogen) atoms. The van der Waals surface area contributed by atoms with Crippen LogP contribution in [0.3, 0.4) is 0 Å². The highest BCUT2D eigenvalue weighted by molar-refractivity contribution is 5.20. The quantitative estimate of drug-likeness (QED) is 0.754. The summed E-state index contributed by atoms with van der Waals surface area (Å²) in [5.74, 6) is 0.690. The maximum absolute atomic E-state index is 9.60. The van der Waals surface area contributed by atoms with Crippen LogP contribution in [0.2, 0.25) is 0 Å². The summed E-state index contributed by atoms with van der Waals surface area (Å²) < 4.78 is 0. The van der Waals surface area contributed by atoms with Gasteiger partial charge in [0.25, 0.3) is 0 Å². The number of hydrogen-bond acceptors (Lipinski definition) is 1. The summed E-state index contributed by atoms with van der Waals surface area (Å²) in [5, 5.41) is 9.60. The molecule has 0 aliphatic heterocycles. The Bertz CT molecular complexity index is 263. The van der Waals surface area contributed by atoms with E-state index < -0.39 is 0 Å². The summed E-state index contributed by atoms with van der Waals surface area (Å²) in [6.07, 6.45) is 11.0. The SMILES string of the molecule is CC/C(=C\C=C1\CCC[C@H](O)C1)[C@@H](C)CC. The van der Waals surface area contributed by atoms with Crippen molar-refractivity contribution < 1.29 is 5.11 Å². The summed E-state index contributed by atoms with van der Waals surface area (Å²) in [5.41, 5.74) is 2.96. The molecule has 1 heteroatoms. The van der Waals surface area contributed by atoms with E-state index in [1.165, 1.54) is 24.0 Å². The fourth-order valence-corrected chi connectivity index (χ4v) is 2.34. The van der Waals surface area contributed by atoms with Gasteiger partial charge < -0.3 is 5.11 Å². The van der Waals surface area contributed by atoms with Crippen LogP contribution in [-0.4, -0.2) is 11.2 Å². The van der Waals surface area contributed by atoms with Gasteiger partial charge in [0.1, 0.15) is 0 Å².